The van der Waals surface area contributed by atoms with Gasteiger partial charge >= 0.3 is 0 Å². The molecule has 0 radical (unpaired) electrons. The van der Waals surface area contributed by atoms with Crippen LogP contribution in [0.25, 0.3) is 0 Å². The molecule has 0 spiro atoms. The van der Waals surface area contributed by atoms with Gasteiger partial charge in [0.1, 0.15) is 39.8 Å². The first-order valence-electron chi connectivity index (χ1n) is 36.3. The van der Waals surface area contributed by atoms with E-state index in [1.807, 2.05) is 6.07 Å². The molecule has 85 heavy (non-hydrogen) atoms. The molecule has 0 heterocycles. The van der Waals surface area contributed by atoms with Crippen LogP contribution in [0.1, 0.15) is 344 Å². The minimum atomic E-state index is -0.639. The van der Waals surface area contributed by atoms with Crippen LogP contribution < -0.4 is 14.2 Å². The summed E-state index contributed by atoms with van der Waals surface area (Å²) >= 11 is 0. The van der Waals surface area contributed by atoms with Gasteiger partial charge in [-0.2, -0.15) is 0 Å². The molecule has 0 bridgehead atoms. The third-order valence-corrected chi connectivity index (χ3v) is 18.3. The molecule has 0 atom stereocenters. The second-order valence-electron chi connectivity index (χ2n) is 28.0. The maximum Gasteiger partial charge on any atom is 0.123 e. The van der Waals surface area contributed by atoms with Crippen molar-refractivity contribution in [1.82, 2.24) is 0 Å². The van der Waals surface area contributed by atoms with Gasteiger partial charge in [0.25, 0.3) is 0 Å². The monoisotopic (exact) mass is 1170 g/mol. The molecule has 0 aliphatic heterocycles. The summed E-state index contributed by atoms with van der Waals surface area (Å²) in [5.41, 5.74) is 15.1. The van der Waals surface area contributed by atoms with Crippen LogP contribution in [-0.4, -0.2) is 21.9 Å². The third kappa shape index (κ3) is 25.2. The average molecular weight is 1170 g/mol. The Morgan fingerprint density at radius 3 is 0.765 bits per heavy atom. The smallest absolute Gasteiger partial charge is 0.123 e. The zero-order valence-corrected chi connectivity index (χ0v) is 58.4. The van der Waals surface area contributed by atoms with Gasteiger partial charge in [-0.1, -0.05) is 202 Å². The van der Waals surface area contributed by atoms with Crippen molar-refractivity contribution < 1.29 is 19.3 Å². The first-order valence-corrected chi connectivity index (χ1v) is 36.3. The maximum atomic E-state index is 12.5. The third-order valence-electron chi connectivity index (χ3n) is 18.3. The number of hydrogen-bond acceptors (Lipinski definition) is 4. The molecule has 0 saturated heterocycles. The number of phenolic OH excluding ortho intramolecular Hbond substituents is 1. The predicted octanol–water partition coefficient (Wildman–Crippen LogP) is 24.2. The van der Waals surface area contributed by atoms with Crippen LogP contribution >= 0.6 is 0 Å². The largest absolute Gasteiger partial charge is 0.508 e. The molecule has 0 aliphatic carbocycles. The van der Waals surface area contributed by atoms with E-state index < -0.39 is 16.8 Å². The van der Waals surface area contributed by atoms with Gasteiger partial charge in [0.15, 0.2) is 0 Å². The summed E-state index contributed by atoms with van der Waals surface area (Å²) in [6.07, 6.45) is 44.8. The van der Waals surface area contributed by atoms with E-state index in [2.05, 4.69) is 146 Å². The Kier molecular flexibility index (Phi) is 34.5. The standard InChI is InChI=1S/C81H132O4/c1-16-25-34-43-63-53-57-76(70(49-40-31-22-7)67(63)46-37-28-19-4)83-79(10,11)60-66-52-56-75(82)74(62-81(14,15)85-78-59-55-65(45-36-27-18-3)69(48-39-30-21-6)72(78)51-42-33-24-9)73(66)61-80(12,13)84-77-58-54-64(44-35-26-17-2)68(47-38-29-20-5)71(77)50-41-32-23-8/h52-59,82H,16-51,60-62H2,1-15H3. The maximum absolute atomic E-state index is 12.5. The summed E-state index contributed by atoms with van der Waals surface area (Å²) in [5, 5.41) is 12.5. The van der Waals surface area contributed by atoms with Crippen molar-refractivity contribution in [1.29, 1.82) is 0 Å². The number of benzene rings is 4. The first-order chi connectivity index (χ1) is 41.0. The van der Waals surface area contributed by atoms with Gasteiger partial charge in [0.05, 0.1) is 0 Å². The van der Waals surface area contributed by atoms with E-state index in [0.29, 0.717) is 25.0 Å². The van der Waals surface area contributed by atoms with Gasteiger partial charge in [-0.05, 0) is 243 Å². The van der Waals surface area contributed by atoms with Crippen molar-refractivity contribution in [3.05, 3.63) is 115 Å². The highest BCUT2D eigenvalue weighted by molar-refractivity contribution is 5.51. The lowest BCUT2D eigenvalue weighted by Crippen LogP contribution is -2.36. The molecule has 4 aromatic rings. The molecule has 480 valence electrons. The van der Waals surface area contributed by atoms with Crippen LogP contribution in [0.15, 0.2) is 48.5 Å². The van der Waals surface area contributed by atoms with Gasteiger partial charge in [0.2, 0.25) is 0 Å². The van der Waals surface area contributed by atoms with Crippen molar-refractivity contribution in [2.24, 2.45) is 0 Å². The number of aryl methyl sites for hydroxylation is 3. The van der Waals surface area contributed by atoms with E-state index in [9.17, 15) is 5.11 Å². The molecule has 0 amide bonds. The number of ether oxygens (including phenoxy) is 3. The van der Waals surface area contributed by atoms with Gasteiger partial charge in [-0.25, -0.2) is 0 Å². The van der Waals surface area contributed by atoms with Crippen molar-refractivity contribution in [3.63, 3.8) is 0 Å². The van der Waals surface area contributed by atoms with E-state index in [0.717, 1.165) is 92.6 Å². The lowest BCUT2D eigenvalue weighted by Gasteiger charge is -2.35. The van der Waals surface area contributed by atoms with Crippen molar-refractivity contribution in [2.45, 2.75) is 371 Å². The predicted molar refractivity (Wildman–Crippen MR) is 372 cm³/mol. The average Bonchev–Trinajstić information content (AvgIpc) is 3.52. The van der Waals surface area contributed by atoms with Gasteiger partial charge in [-0.15, -0.1) is 0 Å². The molecule has 0 unspecified atom stereocenters. The fraction of sp³-hybridized carbons (Fsp3) is 0.704. The van der Waals surface area contributed by atoms with Crippen LogP contribution in [0.5, 0.6) is 23.0 Å². The zero-order chi connectivity index (χ0) is 62.1. The Balaban J connectivity index is 1.94. The normalized spacial score (nSPS) is 12.2. The second-order valence-corrected chi connectivity index (χ2v) is 28.0. The molecule has 4 aromatic carbocycles. The first kappa shape index (κ1) is 73.5. The van der Waals surface area contributed by atoms with Crippen molar-refractivity contribution in [3.8, 4) is 23.0 Å². The molecule has 0 fully saturated rings. The number of phenols is 1. The summed E-state index contributed by atoms with van der Waals surface area (Å²) in [5.74, 6) is 3.48. The molecule has 1 N–H and O–H groups in total. The SMILES string of the molecule is CCCCCc1ccc(OC(C)(C)Cc2ccc(O)c(CC(C)(C)Oc3ccc(CCCCC)c(CCCCC)c3CCCCC)c2CC(C)(C)Oc2ccc(CCCCC)c(CCCCC)c2CCCCC)c(CCCCC)c1CCCCC. The highest BCUT2D eigenvalue weighted by atomic mass is 16.5. The molecule has 0 aromatic heterocycles. The van der Waals surface area contributed by atoms with Gasteiger partial charge in [0, 0.05) is 24.8 Å². The summed E-state index contributed by atoms with van der Waals surface area (Å²) in [4.78, 5) is 0. The molecular formula is C81H132O4. The summed E-state index contributed by atoms with van der Waals surface area (Å²) in [6.45, 7) is 34.6. The molecule has 4 heteroatoms. The quantitative estimate of drug-likeness (QED) is 0.0448. The van der Waals surface area contributed by atoms with Crippen LogP contribution in [0.4, 0.5) is 0 Å². The van der Waals surface area contributed by atoms with Crippen LogP contribution in [0, 0.1) is 0 Å². The van der Waals surface area contributed by atoms with E-state index in [4.69, 9.17) is 14.2 Å². The number of rotatable bonds is 48. The lowest BCUT2D eigenvalue weighted by atomic mass is 9.82. The van der Waals surface area contributed by atoms with Crippen LogP contribution in [0.2, 0.25) is 0 Å². The minimum absolute atomic E-state index is 0.336. The fourth-order valence-electron chi connectivity index (χ4n) is 13.5. The number of aromatic hydroxyl groups is 1. The van der Waals surface area contributed by atoms with Crippen molar-refractivity contribution >= 4 is 0 Å². The van der Waals surface area contributed by atoms with Crippen LogP contribution in [0.3, 0.4) is 0 Å². The Morgan fingerprint density at radius 2 is 0.482 bits per heavy atom. The van der Waals surface area contributed by atoms with Crippen molar-refractivity contribution in [2.75, 3.05) is 0 Å². The molecule has 0 aliphatic rings. The lowest BCUT2D eigenvalue weighted by molar-refractivity contribution is 0.0976. The Morgan fingerprint density at radius 1 is 0.247 bits per heavy atom. The minimum Gasteiger partial charge on any atom is -0.508 e. The van der Waals surface area contributed by atoms with E-state index in [-0.39, 0.29) is 0 Å². The molecule has 4 nitrogen and oxygen atoms in total. The summed E-state index contributed by atoms with van der Waals surface area (Å²) in [6, 6.07) is 18.4. The number of unbranched alkanes of at least 4 members (excludes halogenated alkanes) is 18. The zero-order valence-electron chi connectivity index (χ0n) is 58.4. The highest BCUT2D eigenvalue weighted by Gasteiger charge is 2.34. The van der Waals surface area contributed by atoms with E-state index >= 15 is 0 Å². The molecule has 4 rings (SSSR count). The molecule has 0 saturated carbocycles. The van der Waals surface area contributed by atoms with E-state index in [1.54, 1.807) is 16.7 Å². The summed E-state index contributed by atoms with van der Waals surface area (Å²) < 4.78 is 22.6. The Hall–Kier alpha value is -3.92. The summed E-state index contributed by atoms with van der Waals surface area (Å²) in [7, 11) is 0. The van der Waals surface area contributed by atoms with Crippen LogP contribution in [-0.2, 0) is 77.0 Å². The number of hydrogen-bond donors (Lipinski definition) is 1. The Bertz CT molecular complexity index is 2470. The van der Waals surface area contributed by atoms with E-state index in [1.165, 1.54) is 206 Å². The Labute approximate surface area is 526 Å². The fourth-order valence-corrected chi connectivity index (χ4v) is 13.5. The van der Waals surface area contributed by atoms with Gasteiger partial charge < -0.3 is 19.3 Å². The topological polar surface area (TPSA) is 47.9 Å². The highest BCUT2D eigenvalue weighted by Crippen LogP contribution is 2.41. The second kappa shape index (κ2) is 39.9. The van der Waals surface area contributed by atoms with Gasteiger partial charge in [-0.3, -0.25) is 0 Å². The molecular weight excluding hydrogens is 1040 g/mol.